The third-order valence-electron chi connectivity index (χ3n) is 2.53. The molecule has 0 aliphatic carbocycles. The standard InChI is InChI=1S/C11H28N2O4Si/c1-6-9(2)15-18(14-5,16-10(3)7-12)17-11(4)8-13/h9-11H,6-8,12-13H2,1-5H3. The van der Waals surface area contributed by atoms with Gasteiger partial charge in [-0.25, -0.2) is 0 Å². The fourth-order valence-electron chi connectivity index (χ4n) is 1.15. The maximum absolute atomic E-state index is 5.84. The van der Waals surface area contributed by atoms with Crippen molar-refractivity contribution in [3.63, 3.8) is 0 Å². The molecule has 0 rings (SSSR count). The first-order valence-corrected chi connectivity index (χ1v) is 8.05. The molecule has 6 nitrogen and oxygen atoms in total. The van der Waals surface area contributed by atoms with Crippen LogP contribution < -0.4 is 11.5 Å². The third-order valence-corrected chi connectivity index (χ3v) is 5.10. The maximum atomic E-state index is 5.84. The Hall–Kier alpha value is -0.0231. The molecule has 0 heterocycles. The molecule has 0 fully saturated rings. The number of rotatable bonds is 10. The summed E-state index contributed by atoms with van der Waals surface area (Å²) >= 11 is 0. The summed E-state index contributed by atoms with van der Waals surface area (Å²) in [6.45, 7) is 8.45. The Morgan fingerprint density at radius 2 is 1.28 bits per heavy atom. The van der Waals surface area contributed by atoms with E-state index in [0.29, 0.717) is 13.1 Å². The predicted molar refractivity (Wildman–Crippen MR) is 72.8 cm³/mol. The van der Waals surface area contributed by atoms with Gasteiger partial charge in [-0.2, -0.15) is 0 Å². The Morgan fingerprint density at radius 3 is 1.56 bits per heavy atom. The summed E-state index contributed by atoms with van der Waals surface area (Å²) in [4.78, 5) is 0. The van der Waals surface area contributed by atoms with Gasteiger partial charge in [0.2, 0.25) is 0 Å². The van der Waals surface area contributed by atoms with E-state index in [2.05, 4.69) is 0 Å². The van der Waals surface area contributed by atoms with Crippen molar-refractivity contribution in [1.82, 2.24) is 0 Å². The first-order valence-electron chi connectivity index (χ1n) is 6.41. The van der Waals surface area contributed by atoms with Crippen LogP contribution >= 0.6 is 0 Å². The molecule has 0 bridgehead atoms. The van der Waals surface area contributed by atoms with Crippen LogP contribution in [0, 0.1) is 0 Å². The van der Waals surface area contributed by atoms with E-state index in [-0.39, 0.29) is 18.3 Å². The van der Waals surface area contributed by atoms with E-state index in [1.165, 1.54) is 7.11 Å². The molecule has 3 unspecified atom stereocenters. The van der Waals surface area contributed by atoms with Crippen molar-refractivity contribution in [3.8, 4) is 0 Å². The molecule has 4 N–H and O–H groups in total. The molecular weight excluding hydrogens is 252 g/mol. The number of hydrogen-bond donors (Lipinski definition) is 2. The van der Waals surface area contributed by atoms with Crippen molar-refractivity contribution >= 4 is 9.05 Å². The van der Waals surface area contributed by atoms with Gasteiger partial charge in [0.05, 0.1) is 12.2 Å². The van der Waals surface area contributed by atoms with Crippen LogP contribution in [-0.2, 0) is 17.7 Å². The Balaban J connectivity index is 4.81. The first kappa shape index (κ1) is 18.0. The fraction of sp³-hybridized carbons (Fsp3) is 1.00. The minimum atomic E-state index is -3.18. The zero-order valence-electron chi connectivity index (χ0n) is 12.1. The molecule has 0 aliphatic rings. The molecule has 110 valence electrons. The van der Waals surface area contributed by atoms with Crippen LogP contribution in [0.1, 0.15) is 34.1 Å². The zero-order valence-corrected chi connectivity index (χ0v) is 13.1. The van der Waals surface area contributed by atoms with E-state index in [1.54, 1.807) is 0 Å². The molecule has 0 aliphatic heterocycles. The largest absolute Gasteiger partial charge is 0.680 e. The van der Waals surface area contributed by atoms with Crippen LogP contribution in [0.4, 0.5) is 0 Å². The highest BCUT2D eigenvalue weighted by atomic mass is 28.4. The van der Waals surface area contributed by atoms with Gasteiger partial charge in [-0.15, -0.1) is 0 Å². The summed E-state index contributed by atoms with van der Waals surface area (Å²) in [7, 11) is -1.65. The van der Waals surface area contributed by atoms with E-state index < -0.39 is 9.05 Å². The summed E-state index contributed by atoms with van der Waals surface area (Å²) in [5.41, 5.74) is 11.1. The quantitative estimate of drug-likeness (QED) is 0.570. The molecule has 0 amide bonds. The summed E-state index contributed by atoms with van der Waals surface area (Å²) in [6.07, 6.45) is 0.460. The second-order valence-corrected chi connectivity index (χ2v) is 6.48. The minimum absolute atomic E-state index is 0.00781. The number of hydrogen-bond acceptors (Lipinski definition) is 6. The lowest BCUT2D eigenvalue weighted by molar-refractivity contribution is -0.0712. The summed E-state index contributed by atoms with van der Waals surface area (Å²) in [5, 5.41) is 0. The predicted octanol–water partition coefficient (Wildman–Crippen LogP) is 0.611. The van der Waals surface area contributed by atoms with Crippen LogP contribution in [0.2, 0.25) is 0 Å². The molecule has 0 saturated heterocycles. The van der Waals surface area contributed by atoms with E-state index in [4.69, 9.17) is 29.2 Å². The van der Waals surface area contributed by atoms with E-state index in [9.17, 15) is 0 Å². The molecule has 0 saturated carbocycles. The highest BCUT2D eigenvalue weighted by molar-refractivity contribution is 6.53. The molecule has 18 heavy (non-hydrogen) atoms. The van der Waals surface area contributed by atoms with E-state index >= 15 is 0 Å². The summed E-state index contributed by atoms with van der Waals surface area (Å²) in [6, 6.07) is 0. The van der Waals surface area contributed by atoms with Gasteiger partial charge in [0.25, 0.3) is 0 Å². The summed E-state index contributed by atoms with van der Waals surface area (Å²) < 4.78 is 22.8. The van der Waals surface area contributed by atoms with Gasteiger partial charge in [0, 0.05) is 26.3 Å². The Bertz CT molecular complexity index is 190. The molecule has 0 aromatic heterocycles. The van der Waals surface area contributed by atoms with E-state index in [1.807, 2.05) is 27.7 Å². The van der Waals surface area contributed by atoms with Crippen LogP contribution in [0.5, 0.6) is 0 Å². The van der Waals surface area contributed by atoms with Gasteiger partial charge in [0.1, 0.15) is 0 Å². The van der Waals surface area contributed by atoms with Crippen molar-refractivity contribution in [2.24, 2.45) is 11.5 Å². The lowest BCUT2D eigenvalue weighted by Crippen LogP contribution is -2.55. The molecule has 7 heteroatoms. The van der Waals surface area contributed by atoms with Crippen molar-refractivity contribution < 1.29 is 17.7 Å². The van der Waals surface area contributed by atoms with Crippen LogP contribution in [0.25, 0.3) is 0 Å². The molecule has 0 aromatic carbocycles. The molecule has 3 atom stereocenters. The van der Waals surface area contributed by atoms with Crippen molar-refractivity contribution in [2.45, 2.75) is 52.4 Å². The average molecular weight is 280 g/mol. The Labute approximate surface area is 111 Å². The van der Waals surface area contributed by atoms with Gasteiger partial charge in [-0.1, -0.05) is 6.92 Å². The zero-order chi connectivity index (χ0) is 14.2. The van der Waals surface area contributed by atoms with Crippen molar-refractivity contribution in [3.05, 3.63) is 0 Å². The molecule has 0 spiro atoms. The molecule has 0 radical (unpaired) electrons. The second-order valence-electron chi connectivity index (χ2n) is 4.37. The molecule has 0 aromatic rings. The number of nitrogens with two attached hydrogens (primary N) is 2. The summed E-state index contributed by atoms with van der Waals surface area (Å²) in [5.74, 6) is 0. The monoisotopic (exact) mass is 280 g/mol. The normalized spacial score (nSPS) is 20.2. The van der Waals surface area contributed by atoms with Gasteiger partial charge < -0.3 is 29.2 Å². The topological polar surface area (TPSA) is 89.0 Å². The Kier molecular flexibility index (Phi) is 8.96. The van der Waals surface area contributed by atoms with Gasteiger partial charge in [-0.05, 0) is 27.2 Å². The van der Waals surface area contributed by atoms with Gasteiger partial charge in [-0.3, -0.25) is 0 Å². The van der Waals surface area contributed by atoms with Crippen molar-refractivity contribution in [1.29, 1.82) is 0 Å². The lowest BCUT2D eigenvalue weighted by atomic mass is 10.3. The smallest absolute Gasteiger partial charge is 0.355 e. The first-order chi connectivity index (χ1) is 8.42. The van der Waals surface area contributed by atoms with Crippen LogP contribution in [-0.4, -0.2) is 47.6 Å². The van der Waals surface area contributed by atoms with Gasteiger partial charge >= 0.3 is 9.05 Å². The molecular formula is C11H28N2O4Si. The minimum Gasteiger partial charge on any atom is -0.355 e. The lowest BCUT2D eigenvalue weighted by Gasteiger charge is -2.33. The highest BCUT2D eigenvalue weighted by Crippen LogP contribution is 2.18. The van der Waals surface area contributed by atoms with Crippen LogP contribution in [0.15, 0.2) is 0 Å². The van der Waals surface area contributed by atoms with Gasteiger partial charge in [0.15, 0.2) is 0 Å². The van der Waals surface area contributed by atoms with Crippen LogP contribution in [0.3, 0.4) is 0 Å². The highest BCUT2D eigenvalue weighted by Gasteiger charge is 2.48. The average Bonchev–Trinajstić information content (AvgIpc) is 2.37. The maximum Gasteiger partial charge on any atom is 0.680 e. The fourth-order valence-corrected chi connectivity index (χ4v) is 3.44. The van der Waals surface area contributed by atoms with E-state index in [0.717, 1.165) is 6.42 Å². The van der Waals surface area contributed by atoms with Crippen molar-refractivity contribution in [2.75, 3.05) is 20.2 Å². The SMILES string of the molecule is CCC(C)O[Si](OC)(OC(C)CN)OC(C)CN. The second kappa shape index (κ2) is 8.97. The third kappa shape index (κ3) is 6.23. The Morgan fingerprint density at radius 1 is 0.889 bits per heavy atom.